The van der Waals surface area contributed by atoms with Crippen molar-refractivity contribution in [1.82, 2.24) is 20.1 Å². The Morgan fingerprint density at radius 1 is 1.53 bits per heavy atom. The largest absolute Gasteiger partial charge is 0.352 e. The van der Waals surface area contributed by atoms with Gasteiger partial charge in [-0.2, -0.15) is 5.10 Å². The van der Waals surface area contributed by atoms with Crippen LogP contribution in [0.25, 0.3) is 0 Å². The zero-order chi connectivity index (χ0) is 13.7. The lowest BCUT2D eigenvalue weighted by molar-refractivity contribution is 0.0945. The number of carbonyl (C=O) groups is 1. The van der Waals surface area contributed by atoms with Crippen LogP contribution in [0.15, 0.2) is 41.6 Å². The Balaban J connectivity index is 1.87. The molecule has 0 fully saturated rings. The second kappa shape index (κ2) is 5.99. The second-order valence-electron chi connectivity index (χ2n) is 4.46. The molecule has 0 unspecified atom stereocenters. The molecule has 0 aliphatic rings. The molecular formula is C13H16N4O2. The van der Waals surface area contributed by atoms with Gasteiger partial charge in [0.2, 0.25) is 0 Å². The summed E-state index contributed by atoms with van der Waals surface area (Å²) in [6, 6.07) is 4.99. The summed E-state index contributed by atoms with van der Waals surface area (Å²) in [7, 11) is 0. The molecule has 19 heavy (non-hydrogen) atoms. The van der Waals surface area contributed by atoms with Crippen molar-refractivity contribution in [3.63, 3.8) is 0 Å². The number of rotatable bonds is 5. The Labute approximate surface area is 110 Å². The number of carbonyl (C=O) groups excluding carboxylic acids is 1. The third kappa shape index (κ3) is 3.54. The van der Waals surface area contributed by atoms with E-state index in [9.17, 15) is 9.59 Å². The maximum atomic E-state index is 11.8. The van der Waals surface area contributed by atoms with Gasteiger partial charge in [-0.15, -0.1) is 0 Å². The van der Waals surface area contributed by atoms with E-state index in [1.54, 1.807) is 12.3 Å². The molecule has 1 atom stereocenters. The molecule has 0 bridgehead atoms. The highest BCUT2D eigenvalue weighted by Crippen LogP contribution is 1.98. The van der Waals surface area contributed by atoms with E-state index in [1.165, 1.54) is 12.3 Å². The average Bonchev–Trinajstić information content (AvgIpc) is 2.89. The zero-order valence-electron chi connectivity index (χ0n) is 10.7. The minimum absolute atomic E-state index is 0.133. The lowest BCUT2D eigenvalue weighted by atomic mass is 10.1. The second-order valence-corrected chi connectivity index (χ2v) is 4.46. The van der Waals surface area contributed by atoms with Gasteiger partial charge in [0.15, 0.2) is 0 Å². The van der Waals surface area contributed by atoms with Crippen molar-refractivity contribution in [2.45, 2.75) is 13.5 Å². The molecule has 0 saturated carbocycles. The van der Waals surface area contributed by atoms with E-state index in [0.717, 1.165) is 6.54 Å². The quantitative estimate of drug-likeness (QED) is 0.827. The van der Waals surface area contributed by atoms with Gasteiger partial charge < -0.3 is 10.3 Å². The van der Waals surface area contributed by atoms with Crippen molar-refractivity contribution >= 4 is 5.91 Å². The number of H-pyrrole nitrogens is 1. The topological polar surface area (TPSA) is 79.8 Å². The van der Waals surface area contributed by atoms with Crippen LogP contribution in [0.2, 0.25) is 0 Å². The minimum atomic E-state index is -0.375. The van der Waals surface area contributed by atoms with Gasteiger partial charge in [0, 0.05) is 31.7 Å². The van der Waals surface area contributed by atoms with Crippen molar-refractivity contribution in [1.29, 1.82) is 0 Å². The molecule has 0 aliphatic heterocycles. The highest BCUT2D eigenvalue weighted by atomic mass is 16.2. The SMILES string of the molecule is C[C@H](CNC(=O)c1ccc[nH]c1=O)Cn1cccn1. The highest BCUT2D eigenvalue weighted by molar-refractivity contribution is 5.93. The zero-order valence-corrected chi connectivity index (χ0v) is 10.7. The number of amides is 1. The first-order chi connectivity index (χ1) is 9.16. The van der Waals surface area contributed by atoms with Gasteiger partial charge in [-0.25, -0.2) is 0 Å². The smallest absolute Gasteiger partial charge is 0.260 e. The standard InChI is InChI=1S/C13H16N4O2/c1-10(9-17-7-3-6-16-17)8-15-13(19)11-4-2-5-14-12(11)18/h2-7,10H,8-9H2,1H3,(H,14,18)(H,15,19)/t10-/m1/s1. The average molecular weight is 260 g/mol. The van der Waals surface area contributed by atoms with Crippen LogP contribution >= 0.6 is 0 Å². The lowest BCUT2D eigenvalue weighted by Crippen LogP contribution is -2.33. The molecule has 2 aromatic heterocycles. The van der Waals surface area contributed by atoms with Crippen LogP contribution in [0.5, 0.6) is 0 Å². The van der Waals surface area contributed by atoms with E-state index in [-0.39, 0.29) is 22.9 Å². The number of aromatic amines is 1. The molecule has 2 heterocycles. The molecule has 0 saturated heterocycles. The van der Waals surface area contributed by atoms with Crippen LogP contribution in [0, 0.1) is 5.92 Å². The number of pyridine rings is 1. The van der Waals surface area contributed by atoms with Gasteiger partial charge in [0.1, 0.15) is 5.56 Å². The van der Waals surface area contributed by atoms with Gasteiger partial charge in [0.05, 0.1) is 0 Å². The van der Waals surface area contributed by atoms with Crippen molar-refractivity contribution in [2.24, 2.45) is 5.92 Å². The van der Waals surface area contributed by atoms with Crippen molar-refractivity contribution in [3.8, 4) is 0 Å². The molecule has 0 aliphatic carbocycles. The lowest BCUT2D eigenvalue weighted by Gasteiger charge is -2.12. The predicted octanol–water partition coefficient (Wildman–Crippen LogP) is 0.637. The maximum absolute atomic E-state index is 11.8. The first-order valence-corrected chi connectivity index (χ1v) is 6.10. The molecule has 100 valence electrons. The fourth-order valence-electron chi connectivity index (χ4n) is 1.75. The molecule has 0 aromatic carbocycles. The first-order valence-electron chi connectivity index (χ1n) is 6.10. The summed E-state index contributed by atoms with van der Waals surface area (Å²) in [6.07, 6.45) is 5.09. The molecule has 2 rings (SSSR count). The fourth-order valence-corrected chi connectivity index (χ4v) is 1.75. The number of hydrogen-bond acceptors (Lipinski definition) is 3. The Morgan fingerprint density at radius 3 is 3.05 bits per heavy atom. The van der Waals surface area contributed by atoms with Gasteiger partial charge in [-0.3, -0.25) is 14.3 Å². The summed E-state index contributed by atoms with van der Waals surface area (Å²) in [6.45, 7) is 3.22. The number of aromatic nitrogens is 3. The van der Waals surface area contributed by atoms with Crippen LogP contribution < -0.4 is 10.9 Å². The van der Waals surface area contributed by atoms with Gasteiger partial charge in [-0.05, 0) is 24.1 Å². The van der Waals surface area contributed by atoms with Gasteiger partial charge in [-0.1, -0.05) is 6.92 Å². The third-order valence-corrected chi connectivity index (χ3v) is 2.73. The van der Waals surface area contributed by atoms with E-state index < -0.39 is 0 Å². The van der Waals surface area contributed by atoms with Crippen LogP contribution in [0.3, 0.4) is 0 Å². The van der Waals surface area contributed by atoms with E-state index in [2.05, 4.69) is 15.4 Å². The molecule has 6 nitrogen and oxygen atoms in total. The van der Waals surface area contributed by atoms with Crippen LogP contribution in [-0.2, 0) is 6.54 Å². The van der Waals surface area contributed by atoms with E-state index >= 15 is 0 Å². The molecule has 2 aromatic rings. The summed E-state index contributed by atoms with van der Waals surface area (Å²) in [5, 5.41) is 6.86. The maximum Gasteiger partial charge on any atom is 0.260 e. The van der Waals surface area contributed by atoms with Crippen molar-refractivity contribution in [2.75, 3.05) is 6.54 Å². The number of hydrogen-bond donors (Lipinski definition) is 2. The number of nitrogens with one attached hydrogen (secondary N) is 2. The van der Waals surface area contributed by atoms with E-state index in [1.807, 2.05) is 23.9 Å². The summed E-state index contributed by atoms with van der Waals surface area (Å²) in [5.74, 6) is -0.124. The van der Waals surface area contributed by atoms with Crippen LogP contribution in [-0.4, -0.2) is 27.2 Å². The van der Waals surface area contributed by atoms with E-state index in [0.29, 0.717) is 6.54 Å². The highest BCUT2D eigenvalue weighted by Gasteiger charge is 2.11. The minimum Gasteiger partial charge on any atom is -0.352 e. The number of nitrogens with zero attached hydrogens (tertiary/aromatic N) is 2. The van der Waals surface area contributed by atoms with Crippen molar-refractivity contribution in [3.05, 3.63) is 52.7 Å². The van der Waals surface area contributed by atoms with Crippen molar-refractivity contribution < 1.29 is 4.79 Å². The van der Waals surface area contributed by atoms with Gasteiger partial charge in [0.25, 0.3) is 11.5 Å². The summed E-state index contributed by atoms with van der Waals surface area (Å²) in [4.78, 5) is 25.7. The first kappa shape index (κ1) is 13.1. The molecular weight excluding hydrogens is 244 g/mol. The molecule has 0 spiro atoms. The van der Waals surface area contributed by atoms with Crippen LogP contribution in [0.1, 0.15) is 17.3 Å². The van der Waals surface area contributed by atoms with Gasteiger partial charge >= 0.3 is 0 Å². The molecule has 1 amide bonds. The molecule has 0 radical (unpaired) electrons. The third-order valence-electron chi connectivity index (χ3n) is 2.73. The Bertz CT molecular complexity index is 589. The fraction of sp³-hybridized carbons (Fsp3) is 0.308. The monoisotopic (exact) mass is 260 g/mol. The van der Waals surface area contributed by atoms with E-state index in [4.69, 9.17) is 0 Å². The Morgan fingerprint density at radius 2 is 2.37 bits per heavy atom. The molecule has 6 heteroatoms. The summed E-state index contributed by atoms with van der Waals surface area (Å²) < 4.78 is 1.81. The predicted molar refractivity (Wildman–Crippen MR) is 70.8 cm³/mol. The normalized spacial score (nSPS) is 12.1. The summed E-state index contributed by atoms with van der Waals surface area (Å²) >= 11 is 0. The Hall–Kier alpha value is -2.37. The van der Waals surface area contributed by atoms with Crippen LogP contribution in [0.4, 0.5) is 0 Å². The summed E-state index contributed by atoms with van der Waals surface area (Å²) in [5.41, 5.74) is -0.242. The Kier molecular flexibility index (Phi) is 4.12. The molecule has 2 N–H and O–H groups in total.